The van der Waals surface area contributed by atoms with E-state index in [1.807, 2.05) is 23.2 Å². The Morgan fingerprint density at radius 2 is 2.00 bits per heavy atom. The van der Waals surface area contributed by atoms with E-state index in [2.05, 4.69) is 5.32 Å². The van der Waals surface area contributed by atoms with Crippen LogP contribution in [-0.2, 0) is 24.8 Å². The SMILES string of the molecule is Cn1cc2c(cc1=O)CCN(C(=O)CNc1ccc(Cl)cc1)C2. The molecule has 1 aromatic carbocycles. The standard InChI is InChI=1S/C17H18ClN3O2/c1-20-10-13-11-21(7-6-12(13)8-16(20)22)17(23)9-19-15-4-2-14(18)3-5-15/h2-5,8,10,19H,6-7,9,11H2,1H3. The van der Waals surface area contributed by atoms with Crippen molar-refractivity contribution < 1.29 is 4.79 Å². The lowest BCUT2D eigenvalue weighted by molar-refractivity contribution is -0.130. The molecule has 1 aromatic heterocycles. The van der Waals surface area contributed by atoms with Crippen molar-refractivity contribution in [2.24, 2.45) is 7.05 Å². The normalized spacial score (nSPS) is 13.6. The van der Waals surface area contributed by atoms with E-state index in [-0.39, 0.29) is 18.0 Å². The highest BCUT2D eigenvalue weighted by molar-refractivity contribution is 6.30. The lowest BCUT2D eigenvalue weighted by Crippen LogP contribution is -2.40. The molecule has 0 bridgehead atoms. The summed E-state index contributed by atoms with van der Waals surface area (Å²) in [6.07, 6.45) is 2.54. The number of fused-ring (bicyclic) bond motifs is 1. The summed E-state index contributed by atoms with van der Waals surface area (Å²) in [6.45, 7) is 1.43. The van der Waals surface area contributed by atoms with Crippen LogP contribution in [0.15, 0.2) is 41.3 Å². The Labute approximate surface area is 139 Å². The average Bonchev–Trinajstić information content (AvgIpc) is 2.54. The highest BCUT2D eigenvalue weighted by Gasteiger charge is 2.21. The first kappa shape index (κ1) is 15.6. The number of aromatic nitrogens is 1. The second kappa shape index (κ2) is 6.46. The first-order valence-electron chi connectivity index (χ1n) is 7.48. The third-order valence-corrected chi connectivity index (χ3v) is 4.31. The molecule has 6 heteroatoms. The fourth-order valence-electron chi connectivity index (χ4n) is 2.71. The van der Waals surface area contributed by atoms with Gasteiger partial charge in [0.25, 0.3) is 5.56 Å². The van der Waals surface area contributed by atoms with Crippen LogP contribution in [0, 0.1) is 0 Å². The second-order valence-corrected chi connectivity index (χ2v) is 6.14. The summed E-state index contributed by atoms with van der Waals surface area (Å²) in [4.78, 5) is 25.8. The summed E-state index contributed by atoms with van der Waals surface area (Å²) in [5.41, 5.74) is 2.94. The molecule has 0 unspecified atom stereocenters. The van der Waals surface area contributed by atoms with Crippen molar-refractivity contribution in [3.8, 4) is 0 Å². The number of rotatable bonds is 3. The average molecular weight is 332 g/mol. The minimum Gasteiger partial charge on any atom is -0.376 e. The molecular formula is C17H18ClN3O2. The lowest BCUT2D eigenvalue weighted by Gasteiger charge is -2.29. The Hall–Kier alpha value is -2.27. The van der Waals surface area contributed by atoms with Gasteiger partial charge in [0, 0.05) is 43.1 Å². The Morgan fingerprint density at radius 3 is 2.74 bits per heavy atom. The summed E-state index contributed by atoms with van der Waals surface area (Å²) < 4.78 is 1.55. The number of amides is 1. The van der Waals surface area contributed by atoms with Gasteiger partial charge in [-0.25, -0.2) is 0 Å². The number of anilines is 1. The Morgan fingerprint density at radius 1 is 1.26 bits per heavy atom. The van der Waals surface area contributed by atoms with E-state index >= 15 is 0 Å². The van der Waals surface area contributed by atoms with Gasteiger partial charge >= 0.3 is 0 Å². The van der Waals surface area contributed by atoms with E-state index in [0.29, 0.717) is 18.1 Å². The van der Waals surface area contributed by atoms with E-state index in [1.54, 1.807) is 29.8 Å². The van der Waals surface area contributed by atoms with Gasteiger partial charge in [0.2, 0.25) is 5.91 Å². The molecule has 3 rings (SSSR count). The summed E-state index contributed by atoms with van der Waals surface area (Å²) in [5, 5.41) is 3.78. The molecule has 0 spiro atoms. The summed E-state index contributed by atoms with van der Waals surface area (Å²) in [6, 6.07) is 8.93. The van der Waals surface area contributed by atoms with Crippen LogP contribution in [0.5, 0.6) is 0 Å². The predicted octanol–water partition coefficient (Wildman–Crippen LogP) is 2.04. The minimum atomic E-state index is -0.00654. The smallest absolute Gasteiger partial charge is 0.250 e. The maximum absolute atomic E-state index is 12.4. The predicted molar refractivity (Wildman–Crippen MR) is 90.7 cm³/mol. The van der Waals surface area contributed by atoms with Gasteiger partial charge in [-0.05, 0) is 41.8 Å². The minimum absolute atomic E-state index is 0.00654. The molecule has 2 aromatic rings. The molecule has 0 saturated carbocycles. The lowest BCUT2D eigenvalue weighted by atomic mass is 10.0. The topological polar surface area (TPSA) is 54.3 Å². The molecule has 0 aliphatic carbocycles. The van der Waals surface area contributed by atoms with Crippen molar-refractivity contribution in [2.45, 2.75) is 13.0 Å². The summed E-state index contributed by atoms with van der Waals surface area (Å²) in [5.74, 6) is 0.0412. The third kappa shape index (κ3) is 3.56. The van der Waals surface area contributed by atoms with Crippen molar-refractivity contribution >= 4 is 23.2 Å². The summed E-state index contributed by atoms with van der Waals surface area (Å²) >= 11 is 5.84. The molecular weight excluding hydrogens is 314 g/mol. The van der Waals surface area contributed by atoms with Gasteiger partial charge in [-0.2, -0.15) is 0 Å². The molecule has 1 N–H and O–H groups in total. The number of benzene rings is 1. The van der Waals surface area contributed by atoms with Crippen LogP contribution >= 0.6 is 11.6 Å². The number of carbonyl (C=O) groups excluding carboxylic acids is 1. The zero-order valence-electron chi connectivity index (χ0n) is 12.9. The van der Waals surface area contributed by atoms with Crippen LogP contribution in [-0.4, -0.2) is 28.5 Å². The molecule has 120 valence electrons. The Balaban J connectivity index is 1.63. The maximum Gasteiger partial charge on any atom is 0.250 e. The molecule has 0 saturated heterocycles. The van der Waals surface area contributed by atoms with E-state index in [4.69, 9.17) is 11.6 Å². The van der Waals surface area contributed by atoms with E-state index in [1.165, 1.54) is 0 Å². The van der Waals surface area contributed by atoms with Crippen LogP contribution in [0.4, 0.5) is 5.69 Å². The Bertz CT molecular complexity index is 783. The van der Waals surface area contributed by atoms with Gasteiger partial charge in [-0.3, -0.25) is 9.59 Å². The highest BCUT2D eigenvalue weighted by Crippen LogP contribution is 2.17. The van der Waals surface area contributed by atoms with Crippen molar-refractivity contribution in [2.75, 3.05) is 18.4 Å². The van der Waals surface area contributed by atoms with Crippen molar-refractivity contribution in [1.29, 1.82) is 0 Å². The van der Waals surface area contributed by atoms with Crippen LogP contribution in [0.2, 0.25) is 5.02 Å². The molecule has 0 fully saturated rings. The van der Waals surface area contributed by atoms with Crippen LogP contribution in [0.25, 0.3) is 0 Å². The fraction of sp³-hybridized carbons (Fsp3) is 0.294. The van der Waals surface area contributed by atoms with Crippen molar-refractivity contribution in [3.05, 3.63) is 63.0 Å². The quantitative estimate of drug-likeness (QED) is 0.936. The number of pyridine rings is 1. The van der Waals surface area contributed by atoms with Gasteiger partial charge < -0.3 is 14.8 Å². The van der Waals surface area contributed by atoms with Crippen LogP contribution in [0.3, 0.4) is 0 Å². The van der Waals surface area contributed by atoms with Crippen molar-refractivity contribution in [1.82, 2.24) is 9.47 Å². The van der Waals surface area contributed by atoms with Gasteiger partial charge in [0.1, 0.15) is 0 Å². The molecule has 0 atom stereocenters. The molecule has 1 aliphatic rings. The number of carbonyl (C=O) groups is 1. The van der Waals surface area contributed by atoms with Gasteiger partial charge in [-0.1, -0.05) is 11.6 Å². The second-order valence-electron chi connectivity index (χ2n) is 5.70. The number of nitrogens with zero attached hydrogens (tertiary/aromatic N) is 2. The molecule has 23 heavy (non-hydrogen) atoms. The number of hydrogen-bond acceptors (Lipinski definition) is 3. The van der Waals surface area contributed by atoms with Crippen LogP contribution in [0.1, 0.15) is 11.1 Å². The zero-order valence-corrected chi connectivity index (χ0v) is 13.6. The first-order valence-corrected chi connectivity index (χ1v) is 7.86. The van der Waals surface area contributed by atoms with E-state index < -0.39 is 0 Å². The Kier molecular flexibility index (Phi) is 4.39. The number of hydrogen-bond donors (Lipinski definition) is 1. The van der Waals surface area contributed by atoms with Gasteiger partial charge in [-0.15, -0.1) is 0 Å². The van der Waals surface area contributed by atoms with Gasteiger partial charge in [0.15, 0.2) is 0 Å². The van der Waals surface area contributed by atoms with Crippen LogP contribution < -0.4 is 10.9 Å². The van der Waals surface area contributed by atoms with Crippen molar-refractivity contribution in [3.63, 3.8) is 0 Å². The maximum atomic E-state index is 12.4. The van der Waals surface area contributed by atoms with Gasteiger partial charge in [0.05, 0.1) is 6.54 Å². The summed E-state index contributed by atoms with van der Waals surface area (Å²) in [7, 11) is 1.73. The first-order chi connectivity index (χ1) is 11.0. The monoisotopic (exact) mass is 331 g/mol. The third-order valence-electron chi connectivity index (χ3n) is 4.06. The molecule has 1 aliphatic heterocycles. The molecule has 2 heterocycles. The molecule has 1 amide bonds. The number of nitrogens with one attached hydrogen (secondary N) is 1. The largest absolute Gasteiger partial charge is 0.376 e. The zero-order chi connectivity index (χ0) is 16.4. The van der Waals surface area contributed by atoms with E-state index in [9.17, 15) is 9.59 Å². The van der Waals surface area contributed by atoms with E-state index in [0.717, 1.165) is 23.2 Å². The number of aryl methyl sites for hydroxylation is 1. The highest BCUT2D eigenvalue weighted by atomic mass is 35.5. The molecule has 5 nitrogen and oxygen atoms in total. The molecule has 0 radical (unpaired) electrons. The fourth-order valence-corrected chi connectivity index (χ4v) is 2.84. The number of halogens is 1.